The zero-order chi connectivity index (χ0) is 18.0. The minimum absolute atomic E-state index is 0.0185. The number of anilines is 1. The molecule has 0 saturated heterocycles. The van der Waals surface area contributed by atoms with Crippen LogP contribution in [0.3, 0.4) is 0 Å². The summed E-state index contributed by atoms with van der Waals surface area (Å²) in [7, 11) is 1.74. The molecule has 0 N–H and O–H groups in total. The Bertz CT molecular complexity index is 973. The van der Waals surface area contributed by atoms with Crippen LogP contribution < -0.4 is 10.5 Å². The summed E-state index contributed by atoms with van der Waals surface area (Å²) in [5, 5.41) is 4.51. The van der Waals surface area contributed by atoms with Gasteiger partial charge in [-0.25, -0.2) is 4.98 Å². The summed E-state index contributed by atoms with van der Waals surface area (Å²) < 4.78 is 3.02. The molecular formula is C18H21N5O2. The first-order chi connectivity index (χ1) is 12.0. The molecule has 1 aromatic carbocycles. The zero-order valence-electron chi connectivity index (χ0n) is 14.6. The Morgan fingerprint density at radius 3 is 2.76 bits per heavy atom. The van der Waals surface area contributed by atoms with E-state index in [0.29, 0.717) is 17.6 Å². The van der Waals surface area contributed by atoms with Crippen LogP contribution in [0, 0.1) is 6.92 Å². The maximum absolute atomic E-state index is 12.7. The maximum Gasteiger partial charge on any atom is 0.264 e. The van der Waals surface area contributed by atoms with Crippen molar-refractivity contribution in [2.24, 2.45) is 7.05 Å². The molecule has 1 amide bonds. The predicted octanol–water partition coefficient (Wildman–Crippen LogP) is 1.88. The van der Waals surface area contributed by atoms with E-state index in [0.717, 1.165) is 11.3 Å². The highest BCUT2D eigenvalue weighted by molar-refractivity contribution is 5.94. The number of hydrogen-bond donors (Lipinski definition) is 0. The number of carbonyl (C=O) groups excluding carboxylic acids is 1. The quantitative estimate of drug-likeness (QED) is 0.711. The van der Waals surface area contributed by atoms with Crippen LogP contribution in [-0.2, 0) is 18.4 Å². The van der Waals surface area contributed by atoms with Gasteiger partial charge in [0.25, 0.3) is 5.56 Å². The summed E-state index contributed by atoms with van der Waals surface area (Å²) in [6.07, 6.45) is 3.22. The van der Waals surface area contributed by atoms with E-state index >= 15 is 0 Å². The average molecular weight is 339 g/mol. The second-order valence-electron chi connectivity index (χ2n) is 5.92. The van der Waals surface area contributed by atoms with E-state index in [4.69, 9.17) is 0 Å². The van der Waals surface area contributed by atoms with Crippen LogP contribution in [0.5, 0.6) is 0 Å². The van der Waals surface area contributed by atoms with Crippen LogP contribution in [-0.4, -0.2) is 31.8 Å². The Balaban J connectivity index is 1.79. The average Bonchev–Trinajstić information content (AvgIpc) is 2.98. The summed E-state index contributed by atoms with van der Waals surface area (Å²) in [5.74, 6) is -0.0185. The van der Waals surface area contributed by atoms with Gasteiger partial charge in [0.2, 0.25) is 5.91 Å². The largest absolute Gasteiger partial charge is 0.312 e. The van der Waals surface area contributed by atoms with Crippen molar-refractivity contribution in [3.8, 4) is 0 Å². The molecule has 0 aliphatic rings. The van der Waals surface area contributed by atoms with Crippen molar-refractivity contribution in [1.82, 2.24) is 19.3 Å². The van der Waals surface area contributed by atoms with Gasteiger partial charge in [-0.2, -0.15) is 5.10 Å². The maximum atomic E-state index is 12.7. The molecule has 0 spiro atoms. The monoisotopic (exact) mass is 339 g/mol. The van der Waals surface area contributed by atoms with Gasteiger partial charge in [-0.3, -0.25) is 18.8 Å². The number of para-hydroxylation sites is 1. The Morgan fingerprint density at radius 2 is 2.04 bits per heavy atom. The van der Waals surface area contributed by atoms with Crippen LogP contribution in [0.2, 0.25) is 0 Å². The third-order valence-electron chi connectivity index (χ3n) is 4.31. The van der Waals surface area contributed by atoms with E-state index in [9.17, 15) is 9.59 Å². The fourth-order valence-electron chi connectivity index (χ4n) is 2.92. The Hall–Kier alpha value is -2.96. The van der Waals surface area contributed by atoms with Gasteiger partial charge >= 0.3 is 0 Å². The predicted molar refractivity (Wildman–Crippen MR) is 96.6 cm³/mol. The highest BCUT2D eigenvalue weighted by Crippen LogP contribution is 2.20. The molecule has 7 nitrogen and oxygen atoms in total. The third kappa shape index (κ3) is 3.17. The van der Waals surface area contributed by atoms with Crippen LogP contribution >= 0.6 is 0 Å². The summed E-state index contributed by atoms with van der Waals surface area (Å²) in [4.78, 5) is 31.1. The molecule has 2 aromatic heterocycles. The number of hydrogen-bond acceptors (Lipinski definition) is 4. The van der Waals surface area contributed by atoms with Crippen LogP contribution in [0.1, 0.15) is 18.9 Å². The van der Waals surface area contributed by atoms with Crippen molar-refractivity contribution in [1.29, 1.82) is 0 Å². The molecule has 0 bridgehead atoms. The molecule has 0 aliphatic heterocycles. The molecular weight excluding hydrogens is 318 g/mol. The molecule has 3 rings (SSSR count). The summed E-state index contributed by atoms with van der Waals surface area (Å²) in [6.45, 7) is 4.80. The SMILES string of the molecule is CCN(C(=O)CCn1cnc2c(cnn2C)c1=O)c1ccccc1C. The first kappa shape index (κ1) is 16.9. The van der Waals surface area contributed by atoms with Crippen molar-refractivity contribution >= 4 is 22.6 Å². The fraction of sp³-hybridized carbons (Fsp3) is 0.333. The number of carbonyl (C=O) groups is 1. The minimum atomic E-state index is -0.176. The molecule has 130 valence electrons. The van der Waals surface area contributed by atoms with E-state index in [1.165, 1.54) is 17.1 Å². The van der Waals surface area contributed by atoms with Gasteiger partial charge in [0.1, 0.15) is 5.39 Å². The van der Waals surface area contributed by atoms with E-state index in [1.54, 1.807) is 16.6 Å². The molecule has 0 unspecified atom stereocenters. The molecule has 7 heteroatoms. The number of benzene rings is 1. The second kappa shape index (κ2) is 6.88. The summed E-state index contributed by atoms with van der Waals surface area (Å²) in [5.41, 5.74) is 2.32. The van der Waals surface area contributed by atoms with E-state index < -0.39 is 0 Å². The van der Waals surface area contributed by atoms with Gasteiger partial charge in [0.05, 0.1) is 12.5 Å². The number of nitrogens with zero attached hydrogens (tertiary/aromatic N) is 5. The lowest BCUT2D eigenvalue weighted by Gasteiger charge is -2.23. The van der Waals surface area contributed by atoms with E-state index in [2.05, 4.69) is 10.1 Å². The van der Waals surface area contributed by atoms with Gasteiger partial charge in [0.15, 0.2) is 5.65 Å². The Labute approximate surface area is 145 Å². The smallest absolute Gasteiger partial charge is 0.264 e. The van der Waals surface area contributed by atoms with Gasteiger partial charge < -0.3 is 4.90 Å². The zero-order valence-corrected chi connectivity index (χ0v) is 14.6. The topological polar surface area (TPSA) is 73.0 Å². The first-order valence-electron chi connectivity index (χ1n) is 8.26. The first-order valence-corrected chi connectivity index (χ1v) is 8.26. The summed E-state index contributed by atoms with van der Waals surface area (Å²) in [6, 6.07) is 7.79. The van der Waals surface area contributed by atoms with Crippen molar-refractivity contribution in [3.05, 3.63) is 52.7 Å². The van der Waals surface area contributed by atoms with Crippen molar-refractivity contribution in [2.75, 3.05) is 11.4 Å². The van der Waals surface area contributed by atoms with E-state index in [-0.39, 0.29) is 24.4 Å². The van der Waals surface area contributed by atoms with Gasteiger partial charge in [-0.1, -0.05) is 18.2 Å². The van der Waals surface area contributed by atoms with Crippen molar-refractivity contribution in [2.45, 2.75) is 26.8 Å². The molecule has 2 heterocycles. The molecule has 3 aromatic rings. The Kier molecular flexibility index (Phi) is 4.65. The van der Waals surface area contributed by atoms with Crippen LogP contribution in [0.15, 0.2) is 41.6 Å². The molecule has 0 atom stereocenters. The minimum Gasteiger partial charge on any atom is -0.312 e. The standard InChI is InChI=1S/C18H21N5O2/c1-4-23(15-8-6-5-7-13(15)2)16(24)9-10-22-12-19-17-14(18(22)25)11-20-21(17)3/h5-8,11-12H,4,9-10H2,1-3H3. The molecule has 25 heavy (non-hydrogen) atoms. The number of aromatic nitrogens is 4. The van der Waals surface area contributed by atoms with Crippen LogP contribution in [0.4, 0.5) is 5.69 Å². The van der Waals surface area contributed by atoms with Crippen molar-refractivity contribution in [3.63, 3.8) is 0 Å². The number of rotatable bonds is 5. The second-order valence-corrected chi connectivity index (χ2v) is 5.92. The highest BCUT2D eigenvalue weighted by Gasteiger charge is 2.16. The summed E-state index contributed by atoms with van der Waals surface area (Å²) >= 11 is 0. The normalized spacial score (nSPS) is 11.0. The fourth-order valence-corrected chi connectivity index (χ4v) is 2.92. The lowest BCUT2D eigenvalue weighted by atomic mass is 10.1. The number of aryl methyl sites for hydroxylation is 3. The van der Waals surface area contributed by atoms with Gasteiger partial charge in [-0.05, 0) is 25.5 Å². The molecule has 0 saturated carbocycles. The third-order valence-corrected chi connectivity index (χ3v) is 4.31. The van der Waals surface area contributed by atoms with Gasteiger partial charge in [-0.15, -0.1) is 0 Å². The molecule has 0 radical (unpaired) electrons. The highest BCUT2D eigenvalue weighted by atomic mass is 16.2. The molecule has 0 aliphatic carbocycles. The van der Waals surface area contributed by atoms with E-state index in [1.807, 2.05) is 38.1 Å². The lowest BCUT2D eigenvalue weighted by Crippen LogP contribution is -2.33. The van der Waals surface area contributed by atoms with Crippen LogP contribution in [0.25, 0.3) is 11.0 Å². The Morgan fingerprint density at radius 1 is 1.28 bits per heavy atom. The molecule has 0 fully saturated rings. The van der Waals surface area contributed by atoms with Crippen molar-refractivity contribution < 1.29 is 4.79 Å². The number of amides is 1. The number of fused-ring (bicyclic) bond motifs is 1. The lowest BCUT2D eigenvalue weighted by molar-refractivity contribution is -0.118. The van der Waals surface area contributed by atoms with Gasteiger partial charge in [0, 0.05) is 32.2 Å².